The quantitative estimate of drug-likeness (QED) is 0.222. The van der Waals surface area contributed by atoms with E-state index in [1.165, 1.54) is 12.1 Å². The van der Waals surface area contributed by atoms with Gasteiger partial charge in [-0.3, -0.25) is 9.36 Å². The molecule has 0 spiro atoms. The van der Waals surface area contributed by atoms with Crippen molar-refractivity contribution in [1.29, 1.82) is 0 Å². The molecule has 0 radical (unpaired) electrons. The number of fused-ring (bicyclic) bond motifs is 2. The Labute approximate surface area is 244 Å². The van der Waals surface area contributed by atoms with Crippen molar-refractivity contribution in [3.05, 3.63) is 135 Å². The number of rotatable bonds is 6. The van der Waals surface area contributed by atoms with E-state index < -0.39 is 29.3 Å². The van der Waals surface area contributed by atoms with Gasteiger partial charge in [-0.1, -0.05) is 96.5 Å². The fourth-order valence-electron chi connectivity index (χ4n) is 5.76. The monoisotopic (exact) mass is 588 g/mol. The van der Waals surface area contributed by atoms with Gasteiger partial charge in [-0.2, -0.15) is 13.2 Å². The third kappa shape index (κ3) is 4.92. The van der Waals surface area contributed by atoms with E-state index in [9.17, 15) is 27.9 Å². The van der Waals surface area contributed by atoms with Crippen molar-refractivity contribution in [2.45, 2.75) is 25.2 Å². The first-order chi connectivity index (χ1) is 20.1. The van der Waals surface area contributed by atoms with Crippen LogP contribution in [0.3, 0.4) is 0 Å². The van der Waals surface area contributed by atoms with E-state index in [0.717, 1.165) is 38.6 Å². The molecule has 1 aromatic heterocycles. The van der Waals surface area contributed by atoms with Crippen LogP contribution >= 0.6 is 11.6 Å². The van der Waals surface area contributed by atoms with E-state index >= 15 is 0 Å². The summed E-state index contributed by atoms with van der Waals surface area (Å²) in [5.41, 5.74) is 0.957. The highest BCUT2D eigenvalue weighted by Crippen LogP contribution is 2.44. The number of nitrogens with zero attached hydrogens (tertiary/aromatic N) is 2. The smallest absolute Gasteiger partial charge is 0.416 e. The van der Waals surface area contributed by atoms with Gasteiger partial charge < -0.3 is 10.0 Å². The number of hydrogen-bond acceptors (Lipinski definition) is 3. The van der Waals surface area contributed by atoms with Crippen LogP contribution in [0.4, 0.5) is 19.0 Å². The summed E-state index contributed by atoms with van der Waals surface area (Å²) >= 11 is 6.77. The van der Waals surface area contributed by atoms with Crippen molar-refractivity contribution in [1.82, 2.24) is 4.57 Å². The van der Waals surface area contributed by atoms with Crippen molar-refractivity contribution in [3.8, 4) is 11.1 Å². The zero-order chi connectivity index (χ0) is 29.6. The van der Waals surface area contributed by atoms with E-state index in [1.54, 1.807) is 4.90 Å². The molecule has 0 amide bonds. The van der Waals surface area contributed by atoms with E-state index in [1.807, 2.05) is 72.8 Å². The average molecular weight is 589 g/mol. The summed E-state index contributed by atoms with van der Waals surface area (Å²) in [5, 5.41) is 11.8. The van der Waals surface area contributed by atoms with Gasteiger partial charge in [0.1, 0.15) is 10.8 Å². The second kappa shape index (κ2) is 10.7. The number of benzene rings is 4. The molecule has 5 aromatic rings. The highest BCUT2D eigenvalue weighted by Gasteiger charge is 2.39. The van der Waals surface area contributed by atoms with Gasteiger partial charge in [-0.25, -0.2) is 4.79 Å². The van der Waals surface area contributed by atoms with Crippen LogP contribution in [-0.2, 0) is 23.9 Å². The Hall–Kier alpha value is -4.56. The van der Waals surface area contributed by atoms with E-state index in [2.05, 4.69) is 0 Å². The van der Waals surface area contributed by atoms with Crippen molar-refractivity contribution < 1.29 is 23.1 Å². The normalized spacial score (nSPS) is 14.8. The molecule has 6 rings (SSSR count). The molecule has 0 unspecified atom stereocenters. The van der Waals surface area contributed by atoms with Gasteiger partial charge in [0.05, 0.1) is 12.1 Å². The first-order valence-electron chi connectivity index (χ1n) is 13.3. The standard InChI is InChI=1S/C33H24ClF3N2O3/c34-29-26(17-22-12-6-11-21-10-4-5-15-25(21)22)28(23-13-7-14-24(16-23)33(35,36)37)30-38(18-20-8-2-1-3-9-20)19-27(32(41)42)39(30)31(29)40/h1-16,27H,17-19H2,(H,41,42)/t27-/m1/s1. The summed E-state index contributed by atoms with van der Waals surface area (Å²) < 4.78 is 42.8. The molecule has 1 N–H and O–H groups in total. The predicted molar refractivity (Wildman–Crippen MR) is 157 cm³/mol. The Morgan fingerprint density at radius 2 is 1.62 bits per heavy atom. The zero-order valence-electron chi connectivity index (χ0n) is 22.1. The Kier molecular flexibility index (Phi) is 7.02. The van der Waals surface area contributed by atoms with E-state index in [-0.39, 0.29) is 35.9 Å². The van der Waals surface area contributed by atoms with Crippen molar-refractivity contribution in [3.63, 3.8) is 0 Å². The van der Waals surface area contributed by atoms with Crippen LogP contribution in [0.2, 0.25) is 5.02 Å². The van der Waals surface area contributed by atoms with Gasteiger partial charge in [-0.05, 0) is 45.2 Å². The molecule has 1 aliphatic heterocycles. The molecule has 0 saturated heterocycles. The summed E-state index contributed by atoms with van der Waals surface area (Å²) in [4.78, 5) is 28.0. The lowest BCUT2D eigenvalue weighted by atomic mass is 9.92. The lowest BCUT2D eigenvalue weighted by Crippen LogP contribution is -2.29. The van der Waals surface area contributed by atoms with Gasteiger partial charge >= 0.3 is 12.1 Å². The Morgan fingerprint density at radius 3 is 2.36 bits per heavy atom. The number of alkyl halides is 3. The number of anilines is 1. The molecule has 0 saturated carbocycles. The molecular weight excluding hydrogens is 565 g/mol. The van der Waals surface area contributed by atoms with Gasteiger partial charge in [-0.15, -0.1) is 0 Å². The van der Waals surface area contributed by atoms with Gasteiger partial charge in [0.2, 0.25) is 0 Å². The maximum atomic E-state index is 13.9. The molecule has 0 aliphatic carbocycles. The summed E-state index contributed by atoms with van der Waals surface area (Å²) in [6.45, 7) is 0.185. The Morgan fingerprint density at radius 1 is 0.929 bits per heavy atom. The number of aliphatic carboxylic acids is 1. The molecular formula is C33H24ClF3N2O3. The molecule has 1 aliphatic rings. The predicted octanol–water partition coefficient (Wildman–Crippen LogP) is 7.58. The van der Waals surface area contributed by atoms with Crippen LogP contribution in [-0.4, -0.2) is 22.2 Å². The molecule has 1 atom stereocenters. The topological polar surface area (TPSA) is 62.5 Å². The number of hydrogen-bond donors (Lipinski definition) is 1. The van der Waals surface area contributed by atoms with Crippen molar-refractivity contribution in [2.75, 3.05) is 11.4 Å². The Bertz CT molecular complexity index is 1880. The highest BCUT2D eigenvalue weighted by molar-refractivity contribution is 6.32. The van der Waals surface area contributed by atoms with E-state index in [4.69, 9.17) is 11.6 Å². The summed E-state index contributed by atoms with van der Waals surface area (Å²) in [6.07, 6.45) is -4.47. The molecule has 4 aromatic carbocycles. The Balaban J connectivity index is 1.66. The van der Waals surface area contributed by atoms with Crippen molar-refractivity contribution >= 4 is 34.2 Å². The number of carbonyl (C=O) groups is 1. The minimum atomic E-state index is -4.61. The number of halogens is 4. The maximum absolute atomic E-state index is 13.9. The van der Waals surface area contributed by atoms with Crippen LogP contribution in [0, 0.1) is 0 Å². The molecule has 0 bridgehead atoms. The second-order valence-electron chi connectivity index (χ2n) is 10.3. The number of aromatic nitrogens is 1. The van der Waals surface area contributed by atoms with Gasteiger partial charge in [0, 0.05) is 18.5 Å². The van der Waals surface area contributed by atoms with Gasteiger partial charge in [0.15, 0.2) is 6.04 Å². The highest BCUT2D eigenvalue weighted by atomic mass is 35.5. The molecule has 2 heterocycles. The third-order valence-corrected chi connectivity index (χ3v) is 8.05. The molecule has 212 valence electrons. The van der Waals surface area contributed by atoms with Crippen LogP contribution in [0.25, 0.3) is 21.9 Å². The molecule has 5 nitrogen and oxygen atoms in total. The first kappa shape index (κ1) is 27.6. The number of carboxylic acids is 1. The molecule has 42 heavy (non-hydrogen) atoms. The van der Waals surface area contributed by atoms with Gasteiger partial charge in [0.25, 0.3) is 5.56 Å². The SMILES string of the molecule is O=C(O)[C@H]1CN(Cc2ccccc2)c2c(-c3cccc(C(F)(F)F)c3)c(Cc3cccc4ccccc34)c(Cl)c(=O)n21. The minimum absolute atomic E-state index is 0.0561. The van der Waals surface area contributed by atoms with Crippen LogP contribution in [0.1, 0.15) is 28.3 Å². The lowest BCUT2D eigenvalue weighted by Gasteiger charge is -2.25. The summed E-state index contributed by atoms with van der Waals surface area (Å²) in [7, 11) is 0. The molecule has 9 heteroatoms. The molecule has 0 fully saturated rings. The lowest BCUT2D eigenvalue weighted by molar-refractivity contribution is -0.140. The fraction of sp³-hybridized carbons (Fsp3) is 0.152. The third-order valence-electron chi connectivity index (χ3n) is 7.66. The number of carboxylic acid groups (broad SMARTS) is 1. The van der Waals surface area contributed by atoms with Crippen LogP contribution in [0.15, 0.2) is 102 Å². The number of pyridine rings is 1. The van der Waals surface area contributed by atoms with Crippen LogP contribution in [0.5, 0.6) is 0 Å². The van der Waals surface area contributed by atoms with Crippen molar-refractivity contribution in [2.24, 2.45) is 0 Å². The average Bonchev–Trinajstić information content (AvgIpc) is 3.35. The first-order valence-corrected chi connectivity index (χ1v) is 13.6. The largest absolute Gasteiger partial charge is 0.480 e. The maximum Gasteiger partial charge on any atom is 0.416 e. The fourth-order valence-corrected chi connectivity index (χ4v) is 6.01. The van der Waals surface area contributed by atoms with E-state index in [0.29, 0.717) is 11.1 Å². The minimum Gasteiger partial charge on any atom is -0.480 e. The zero-order valence-corrected chi connectivity index (χ0v) is 22.9. The summed E-state index contributed by atoms with van der Waals surface area (Å²) in [6, 6.07) is 26.2. The second-order valence-corrected chi connectivity index (χ2v) is 10.7. The van der Waals surface area contributed by atoms with Crippen LogP contribution < -0.4 is 10.5 Å². The summed E-state index contributed by atoms with van der Waals surface area (Å²) in [5.74, 6) is -1.00.